The number of likely N-dealkylation sites (N-methyl/N-ethyl adjacent to an activating group) is 1. The summed E-state index contributed by atoms with van der Waals surface area (Å²) < 4.78 is 0. The normalized spacial score (nSPS) is 24.8. The molecule has 1 amide bonds. The van der Waals surface area contributed by atoms with Gasteiger partial charge in [-0.15, -0.1) is 0 Å². The molecule has 3 nitrogen and oxygen atoms in total. The van der Waals surface area contributed by atoms with Crippen LogP contribution >= 0.6 is 0 Å². The summed E-state index contributed by atoms with van der Waals surface area (Å²) >= 11 is 0. The highest BCUT2D eigenvalue weighted by Gasteiger charge is 2.39. The molecule has 0 aromatic rings. The molecule has 0 heterocycles. The third-order valence-electron chi connectivity index (χ3n) is 4.53. The molecule has 0 saturated heterocycles. The number of amides is 1. The topological polar surface area (TPSA) is 46.3 Å². The van der Waals surface area contributed by atoms with E-state index >= 15 is 0 Å². The van der Waals surface area contributed by atoms with Crippen LogP contribution in [0.4, 0.5) is 0 Å². The summed E-state index contributed by atoms with van der Waals surface area (Å²) in [6.07, 6.45) is 10.6. The Morgan fingerprint density at radius 3 is 2.35 bits per heavy atom. The monoisotopic (exact) mass is 238 g/mol. The van der Waals surface area contributed by atoms with Gasteiger partial charge in [0.25, 0.3) is 0 Å². The van der Waals surface area contributed by atoms with E-state index in [0.717, 1.165) is 32.2 Å². The summed E-state index contributed by atoms with van der Waals surface area (Å²) in [5.41, 5.74) is 5.68. The average Bonchev–Trinajstić information content (AvgIpc) is 2.78. The average molecular weight is 238 g/mol. The van der Waals surface area contributed by atoms with Crippen LogP contribution in [0.1, 0.15) is 57.8 Å². The van der Waals surface area contributed by atoms with E-state index in [1.54, 1.807) is 0 Å². The Morgan fingerprint density at radius 2 is 1.76 bits per heavy atom. The number of hydrogen-bond donors (Lipinski definition) is 1. The van der Waals surface area contributed by atoms with Crippen LogP contribution < -0.4 is 5.73 Å². The highest BCUT2D eigenvalue weighted by atomic mass is 16.2. The fourth-order valence-corrected chi connectivity index (χ4v) is 3.44. The van der Waals surface area contributed by atoms with Gasteiger partial charge in [0.05, 0.1) is 5.54 Å². The van der Waals surface area contributed by atoms with Crippen molar-refractivity contribution < 1.29 is 4.79 Å². The maximum Gasteiger partial charge on any atom is 0.242 e. The summed E-state index contributed by atoms with van der Waals surface area (Å²) in [6, 6.07) is 0. The highest BCUT2D eigenvalue weighted by Crippen LogP contribution is 2.30. The molecular formula is C14H26N2O. The van der Waals surface area contributed by atoms with E-state index in [4.69, 9.17) is 5.73 Å². The molecule has 2 N–H and O–H groups in total. The number of nitrogens with zero attached hydrogens (tertiary/aromatic N) is 1. The van der Waals surface area contributed by atoms with Crippen LogP contribution in [0.3, 0.4) is 0 Å². The lowest BCUT2D eigenvalue weighted by Crippen LogP contribution is -2.53. The van der Waals surface area contributed by atoms with Crippen LogP contribution in [-0.2, 0) is 4.79 Å². The third-order valence-corrected chi connectivity index (χ3v) is 4.53. The van der Waals surface area contributed by atoms with E-state index in [-0.39, 0.29) is 5.91 Å². The Hall–Kier alpha value is -0.570. The second-order valence-corrected chi connectivity index (χ2v) is 6.05. The molecule has 0 aromatic carbocycles. The quantitative estimate of drug-likeness (QED) is 0.820. The lowest BCUT2D eigenvalue weighted by Gasteiger charge is -2.32. The van der Waals surface area contributed by atoms with E-state index in [2.05, 4.69) is 0 Å². The van der Waals surface area contributed by atoms with E-state index < -0.39 is 5.54 Å². The van der Waals surface area contributed by atoms with Crippen LogP contribution in [0.2, 0.25) is 0 Å². The van der Waals surface area contributed by atoms with Crippen molar-refractivity contribution in [3.63, 3.8) is 0 Å². The lowest BCUT2D eigenvalue weighted by atomic mass is 9.88. The molecule has 2 aliphatic carbocycles. The molecule has 2 saturated carbocycles. The van der Waals surface area contributed by atoms with Gasteiger partial charge in [0, 0.05) is 13.6 Å². The molecule has 0 atom stereocenters. The summed E-state index contributed by atoms with van der Waals surface area (Å²) in [6.45, 7) is 0.914. The van der Waals surface area contributed by atoms with Crippen LogP contribution in [0.25, 0.3) is 0 Å². The molecule has 0 aliphatic heterocycles. The summed E-state index contributed by atoms with van der Waals surface area (Å²) in [7, 11) is 1.93. The van der Waals surface area contributed by atoms with Crippen molar-refractivity contribution in [3.8, 4) is 0 Å². The van der Waals surface area contributed by atoms with Gasteiger partial charge in [-0.25, -0.2) is 0 Å². The van der Waals surface area contributed by atoms with Crippen molar-refractivity contribution in [2.24, 2.45) is 11.7 Å². The zero-order chi connectivity index (χ0) is 12.3. The van der Waals surface area contributed by atoms with Crippen molar-refractivity contribution >= 4 is 5.91 Å². The predicted octanol–water partition coefficient (Wildman–Crippen LogP) is 2.30. The second-order valence-electron chi connectivity index (χ2n) is 6.05. The maximum atomic E-state index is 12.3. The van der Waals surface area contributed by atoms with Crippen LogP contribution in [0.15, 0.2) is 0 Å². The molecule has 3 heteroatoms. The Kier molecular flexibility index (Phi) is 4.08. The molecule has 2 rings (SSSR count). The fraction of sp³-hybridized carbons (Fsp3) is 0.929. The minimum Gasteiger partial charge on any atom is -0.344 e. The Morgan fingerprint density at radius 1 is 1.18 bits per heavy atom. The van der Waals surface area contributed by atoms with E-state index in [0.29, 0.717) is 5.92 Å². The first-order valence-corrected chi connectivity index (χ1v) is 7.16. The van der Waals surface area contributed by atoms with Gasteiger partial charge in [-0.3, -0.25) is 4.79 Å². The first-order chi connectivity index (χ1) is 8.12. The van der Waals surface area contributed by atoms with Gasteiger partial charge in [-0.1, -0.05) is 32.1 Å². The highest BCUT2D eigenvalue weighted by molar-refractivity contribution is 5.86. The predicted molar refractivity (Wildman–Crippen MR) is 69.6 cm³/mol. The number of hydrogen-bond acceptors (Lipinski definition) is 2. The second kappa shape index (κ2) is 5.38. The van der Waals surface area contributed by atoms with Gasteiger partial charge in [0.1, 0.15) is 0 Å². The first kappa shape index (κ1) is 12.9. The number of nitrogens with two attached hydrogens (primary N) is 1. The van der Waals surface area contributed by atoms with Gasteiger partial charge >= 0.3 is 0 Å². The molecule has 0 spiro atoms. The molecule has 2 aliphatic rings. The van der Waals surface area contributed by atoms with Gasteiger partial charge in [-0.2, -0.15) is 0 Å². The van der Waals surface area contributed by atoms with Crippen molar-refractivity contribution in [1.29, 1.82) is 0 Å². The van der Waals surface area contributed by atoms with E-state index in [1.807, 2.05) is 11.9 Å². The van der Waals surface area contributed by atoms with Crippen molar-refractivity contribution in [2.45, 2.75) is 63.3 Å². The summed E-state index contributed by atoms with van der Waals surface area (Å²) in [4.78, 5) is 14.2. The van der Waals surface area contributed by atoms with Crippen molar-refractivity contribution in [1.82, 2.24) is 4.90 Å². The first-order valence-electron chi connectivity index (χ1n) is 7.16. The fourth-order valence-electron chi connectivity index (χ4n) is 3.44. The zero-order valence-electron chi connectivity index (χ0n) is 11.1. The molecule has 0 aromatic heterocycles. The minimum atomic E-state index is -0.538. The van der Waals surface area contributed by atoms with E-state index in [9.17, 15) is 4.79 Å². The number of carbonyl (C=O) groups excluding carboxylic acids is 1. The number of carbonyl (C=O) groups is 1. The molecular weight excluding hydrogens is 212 g/mol. The van der Waals surface area contributed by atoms with Gasteiger partial charge in [-0.05, 0) is 31.6 Å². The van der Waals surface area contributed by atoms with E-state index in [1.165, 1.54) is 32.1 Å². The summed E-state index contributed by atoms with van der Waals surface area (Å²) in [5.74, 6) is 0.892. The molecule has 17 heavy (non-hydrogen) atoms. The third kappa shape index (κ3) is 3.01. The lowest BCUT2D eigenvalue weighted by molar-refractivity contribution is -0.136. The minimum absolute atomic E-state index is 0.181. The van der Waals surface area contributed by atoms with Crippen LogP contribution in [0.5, 0.6) is 0 Å². The summed E-state index contributed by atoms with van der Waals surface area (Å²) in [5, 5.41) is 0. The number of rotatable bonds is 3. The Bertz CT molecular complexity index is 265. The zero-order valence-corrected chi connectivity index (χ0v) is 11.1. The van der Waals surface area contributed by atoms with Gasteiger partial charge in [0.2, 0.25) is 5.91 Å². The van der Waals surface area contributed by atoms with Crippen LogP contribution in [0, 0.1) is 5.92 Å². The smallest absolute Gasteiger partial charge is 0.242 e. The van der Waals surface area contributed by atoms with Crippen molar-refractivity contribution in [2.75, 3.05) is 13.6 Å². The molecule has 0 unspecified atom stereocenters. The standard InChI is InChI=1S/C14H26N2O/c1-16(11-12-7-3-2-4-8-12)13(17)14(15)9-5-6-10-14/h12H,2-11,15H2,1H3. The SMILES string of the molecule is CN(CC1CCCCC1)C(=O)C1(N)CCCC1. The molecule has 98 valence electrons. The Labute approximate surface area is 105 Å². The van der Waals surface area contributed by atoms with Gasteiger partial charge in [0.15, 0.2) is 0 Å². The Balaban J connectivity index is 1.85. The molecule has 0 radical (unpaired) electrons. The molecule has 0 bridgehead atoms. The van der Waals surface area contributed by atoms with Gasteiger partial charge < -0.3 is 10.6 Å². The van der Waals surface area contributed by atoms with Crippen LogP contribution in [-0.4, -0.2) is 29.9 Å². The molecule has 2 fully saturated rings. The van der Waals surface area contributed by atoms with Crippen molar-refractivity contribution in [3.05, 3.63) is 0 Å². The maximum absolute atomic E-state index is 12.3. The largest absolute Gasteiger partial charge is 0.344 e.